The van der Waals surface area contributed by atoms with Crippen LogP contribution in [0, 0.1) is 5.95 Å². The maximum Gasteiger partial charge on any atom is 0.379 e. The summed E-state index contributed by atoms with van der Waals surface area (Å²) in [6.45, 7) is 1.62. The van der Waals surface area contributed by atoms with Crippen molar-refractivity contribution in [2.45, 2.75) is 6.92 Å². The molecule has 0 radical (unpaired) electrons. The number of halogens is 2. The van der Waals surface area contributed by atoms with Crippen LogP contribution in [0.3, 0.4) is 0 Å². The van der Waals surface area contributed by atoms with Crippen molar-refractivity contribution < 1.29 is 18.7 Å². The molecule has 0 aliphatic rings. The molecule has 0 bridgehead atoms. The summed E-state index contributed by atoms with van der Waals surface area (Å²) < 4.78 is 17.8. The van der Waals surface area contributed by atoms with E-state index in [4.69, 9.17) is 0 Å². The number of nitrogens with zero attached hydrogens (tertiary/aromatic N) is 1. The molecule has 6 heteroatoms. The van der Waals surface area contributed by atoms with Gasteiger partial charge in [-0.2, -0.15) is 4.39 Å². The molecule has 0 unspecified atom stereocenters. The quantitative estimate of drug-likeness (QED) is 0.365. The second-order valence-corrected chi connectivity index (χ2v) is 3.33. The molecular weight excluding hydrogens is 269 g/mol. The predicted octanol–water partition coefficient (Wildman–Crippen LogP) is 1.73. The van der Waals surface area contributed by atoms with Gasteiger partial charge in [0.15, 0.2) is 0 Å². The molecule has 0 aromatic carbocycles. The smallest absolute Gasteiger partial charge is 0.379 e. The average molecular weight is 276 g/mol. The van der Waals surface area contributed by atoms with Crippen LogP contribution in [0.2, 0.25) is 0 Å². The Balaban J connectivity index is 2.96. The Kier molecular flexibility index (Phi) is 3.90. The van der Waals surface area contributed by atoms with Crippen LogP contribution in [0.15, 0.2) is 16.7 Å². The van der Waals surface area contributed by atoms with Gasteiger partial charge in [-0.15, -0.1) is 0 Å². The number of ketones is 1. The Hall–Kier alpha value is -1.30. The molecule has 0 fully saturated rings. The van der Waals surface area contributed by atoms with E-state index in [9.17, 15) is 14.0 Å². The third kappa shape index (κ3) is 2.82. The van der Waals surface area contributed by atoms with Gasteiger partial charge in [-0.05, 0) is 35.0 Å². The van der Waals surface area contributed by atoms with Gasteiger partial charge in [-0.25, -0.2) is 9.78 Å². The molecule has 1 aromatic rings. The first-order valence-corrected chi connectivity index (χ1v) is 4.89. The van der Waals surface area contributed by atoms with Gasteiger partial charge in [0.1, 0.15) is 4.60 Å². The van der Waals surface area contributed by atoms with Crippen LogP contribution in [-0.4, -0.2) is 23.3 Å². The van der Waals surface area contributed by atoms with Crippen molar-refractivity contribution in [3.8, 4) is 0 Å². The van der Waals surface area contributed by atoms with E-state index in [1.165, 1.54) is 12.1 Å². The van der Waals surface area contributed by atoms with Crippen molar-refractivity contribution in [1.82, 2.24) is 4.98 Å². The van der Waals surface area contributed by atoms with Gasteiger partial charge >= 0.3 is 5.97 Å². The number of carbonyl (C=O) groups excluding carboxylic acids is 2. The van der Waals surface area contributed by atoms with Crippen molar-refractivity contribution in [2.75, 3.05) is 6.61 Å². The molecule has 0 saturated carbocycles. The monoisotopic (exact) mass is 275 g/mol. The van der Waals surface area contributed by atoms with Gasteiger partial charge < -0.3 is 4.74 Å². The highest BCUT2D eigenvalue weighted by atomic mass is 79.9. The maximum absolute atomic E-state index is 13.1. The van der Waals surface area contributed by atoms with Gasteiger partial charge in [0.2, 0.25) is 5.95 Å². The van der Waals surface area contributed by atoms with E-state index in [2.05, 4.69) is 25.7 Å². The van der Waals surface area contributed by atoms with Gasteiger partial charge in [0, 0.05) is 0 Å². The Morgan fingerprint density at radius 3 is 2.73 bits per heavy atom. The number of aromatic nitrogens is 1. The summed E-state index contributed by atoms with van der Waals surface area (Å²) in [5.41, 5.74) is -0.392. The zero-order chi connectivity index (χ0) is 11.4. The molecule has 0 spiro atoms. The molecule has 1 rings (SSSR count). The second-order valence-electron chi connectivity index (χ2n) is 2.52. The first kappa shape index (κ1) is 11.8. The van der Waals surface area contributed by atoms with E-state index in [1.54, 1.807) is 6.92 Å². The number of carbonyl (C=O) groups is 2. The lowest BCUT2D eigenvalue weighted by Gasteiger charge is -2.01. The SMILES string of the molecule is CCOC(=O)C(=O)c1ccc(Br)nc1F. The number of hydrogen-bond acceptors (Lipinski definition) is 4. The molecule has 4 nitrogen and oxygen atoms in total. The standard InChI is InChI=1S/C9H7BrFNO3/c1-2-15-9(14)7(13)5-3-4-6(10)12-8(5)11/h3-4H,2H2,1H3. The maximum atomic E-state index is 13.1. The minimum atomic E-state index is -1.08. The number of hydrogen-bond donors (Lipinski definition) is 0. The minimum Gasteiger partial charge on any atom is -0.460 e. The van der Waals surface area contributed by atoms with Gasteiger partial charge in [-0.3, -0.25) is 4.79 Å². The lowest BCUT2D eigenvalue weighted by atomic mass is 10.2. The molecule has 1 heterocycles. The van der Waals surface area contributed by atoms with Crippen molar-refractivity contribution in [3.05, 3.63) is 28.2 Å². The Morgan fingerprint density at radius 2 is 2.20 bits per heavy atom. The first-order valence-electron chi connectivity index (χ1n) is 4.09. The van der Waals surface area contributed by atoms with Crippen LogP contribution in [0.4, 0.5) is 4.39 Å². The van der Waals surface area contributed by atoms with E-state index in [0.717, 1.165) is 0 Å². The number of ether oxygens (including phenoxy) is 1. The molecule has 0 aliphatic heterocycles. The molecule has 0 N–H and O–H groups in total. The molecule has 0 aliphatic carbocycles. The summed E-state index contributed by atoms with van der Waals surface area (Å²) in [6.07, 6.45) is 0. The Morgan fingerprint density at radius 1 is 1.53 bits per heavy atom. The fourth-order valence-electron chi connectivity index (χ4n) is 0.888. The van der Waals surface area contributed by atoms with Crippen LogP contribution < -0.4 is 0 Å². The summed E-state index contributed by atoms with van der Waals surface area (Å²) in [7, 11) is 0. The van der Waals surface area contributed by atoms with Crippen molar-refractivity contribution >= 4 is 27.7 Å². The molecule has 0 atom stereocenters. The zero-order valence-corrected chi connectivity index (χ0v) is 9.38. The van der Waals surface area contributed by atoms with Crippen molar-refractivity contribution in [3.63, 3.8) is 0 Å². The molecular formula is C9H7BrFNO3. The number of Topliss-reactive ketones (excluding diaryl/α,β-unsaturated/α-hetero) is 1. The van der Waals surface area contributed by atoms with Gasteiger partial charge in [-0.1, -0.05) is 0 Å². The van der Waals surface area contributed by atoms with Gasteiger partial charge in [0.05, 0.1) is 12.2 Å². The second kappa shape index (κ2) is 4.97. The van der Waals surface area contributed by atoms with Crippen LogP contribution in [0.25, 0.3) is 0 Å². The molecule has 0 amide bonds. The van der Waals surface area contributed by atoms with E-state index in [1.807, 2.05) is 0 Å². The number of pyridine rings is 1. The van der Waals surface area contributed by atoms with Crippen LogP contribution >= 0.6 is 15.9 Å². The van der Waals surface area contributed by atoms with Gasteiger partial charge in [0.25, 0.3) is 5.78 Å². The van der Waals surface area contributed by atoms with Crippen LogP contribution in [0.5, 0.6) is 0 Å². The summed E-state index contributed by atoms with van der Waals surface area (Å²) in [5, 5.41) is 0. The minimum absolute atomic E-state index is 0.0656. The predicted molar refractivity (Wildman–Crippen MR) is 52.9 cm³/mol. The summed E-state index contributed by atoms with van der Waals surface area (Å²) >= 11 is 2.93. The zero-order valence-electron chi connectivity index (χ0n) is 7.79. The topological polar surface area (TPSA) is 56.3 Å². The largest absolute Gasteiger partial charge is 0.460 e. The fourth-order valence-corrected chi connectivity index (χ4v) is 1.18. The van der Waals surface area contributed by atoms with E-state index >= 15 is 0 Å². The van der Waals surface area contributed by atoms with Crippen molar-refractivity contribution in [1.29, 1.82) is 0 Å². The molecule has 15 heavy (non-hydrogen) atoms. The van der Waals surface area contributed by atoms with Crippen LogP contribution in [-0.2, 0) is 9.53 Å². The van der Waals surface area contributed by atoms with E-state index in [-0.39, 0.29) is 11.2 Å². The van der Waals surface area contributed by atoms with E-state index < -0.39 is 23.3 Å². The summed E-state index contributed by atoms with van der Waals surface area (Å²) in [5.74, 6) is -3.11. The fraction of sp³-hybridized carbons (Fsp3) is 0.222. The highest BCUT2D eigenvalue weighted by Crippen LogP contribution is 2.11. The normalized spacial score (nSPS) is 9.80. The highest BCUT2D eigenvalue weighted by molar-refractivity contribution is 9.10. The number of esters is 1. The average Bonchev–Trinajstić information content (AvgIpc) is 2.17. The Bertz CT molecular complexity index is 408. The summed E-state index contributed by atoms with van der Waals surface area (Å²) in [4.78, 5) is 25.7. The molecule has 0 saturated heterocycles. The van der Waals surface area contributed by atoms with E-state index in [0.29, 0.717) is 0 Å². The molecule has 80 valence electrons. The highest BCUT2D eigenvalue weighted by Gasteiger charge is 2.21. The first-order chi connectivity index (χ1) is 7.06. The van der Waals surface area contributed by atoms with Crippen LogP contribution in [0.1, 0.15) is 17.3 Å². The lowest BCUT2D eigenvalue weighted by Crippen LogP contribution is -2.19. The lowest BCUT2D eigenvalue weighted by molar-refractivity contribution is -0.137. The number of rotatable bonds is 3. The molecule has 1 aromatic heterocycles. The third-order valence-corrected chi connectivity index (χ3v) is 1.96. The Labute approximate surface area is 93.6 Å². The van der Waals surface area contributed by atoms with Crippen molar-refractivity contribution in [2.24, 2.45) is 0 Å². The third-order valence-electron chi connectivity index (χ3n) is 1.52. The summed E-state index contributed by atoms with van der Waals surface area (Å²) in [6, 6.07) is 2.54.